The molecule has 0 saturated carbocycles. The third kappa shape index (κ3) is 4.74. The van der Waals surface area contributed by atoms with Crippen molar-refractivity contribution in [1.82, 2.24) is 0 Å². The molecule has 0 aromatic heterocycles. The first-order valence-corrected chi connectivity index (χ1v) is 7.08. The highest BCUT2D eigenvalue weighted by atomic mass is 16.5. The molecule has 1 atom stereocenters. The number of amides is 1. The Morgan fingerprint density at radius 1 is 1.25 bits per heavy atom. The van der Waals surface area contributed by atoms with Gasteiger partial charge in [-0.2, -0.15) is 0 Å². The van der Waals surface area contributed by atoms with Crippen LogP contribution in [0.15, 0.2) is 18.2 Å². The molecule has 5 heteroatoms. The fraction of sp³-hybridized carbons (Fsp3) is 0.533. The van der Waals surface area contributed by atoms with E-state index in [0.29, 0.717) is 36.8 Å². The van der Waals surface area contributed by atoms with E-state index in [1.807, 2.05) is 26.8 Å². The minimum atomic E-state index is -0.509. The standard InChI is InChI=1S/C15H24N2O3/c1-4-7-12(16)15(18)17-13-10-11(19-5-2)8-9-14(13)20-6-3/h8-10,12H,4-7,16H2,1-3H3,(H,17,18)/t12-/m0/s1. The quantitative estimate of drug-likeness (QED) is 0.767. The molecule has 0 spiro atoms. The molecule has 0 aliphatic rings. The van der Waals surface area contributed by atoms with E-state index >= 15 is 0 Å². The number of carbonyl (C=O) groups excluding carboxylic acids is 1. The Bertz CT molecular complexity index is 435. The number of benzene rings is 1. The molecule has 0 fully saturated rings. The molecule has 0 aliphatic carbocycles. The molecule has 3 N–H and O–H groups in total. The molecule has 1 aromatic rings. The van der Waals surface area contributed by atoms with Crippen molar-refractivity contribution in [3.05, 3.63) is 18.2 Å². The van der Waals surface area contributed by atoms with E-state index < -0.39 is 6.04 Å². The van der Waals surface area contributed by atoms with E-state index in [-0.39, 0.29) is 5.91 Å². The first kappa shape index (κ1) is 16.3. The number of ether oxygens (including phenoxy) is 2. The largest absolute Gasteiger partial charge is 0.494 e. The third-order valence-electron chi connectivity index (χ3n) is 2.76. The summed E-state index contributed by atoms with van der Waals surface area (Å²) in [6.45, 7) is 6.89. The lowest BCUT2D eigenvalue weighted by atomic mass is 10.1. The second-order valence-corrected chi connectivity index (χ2v) is 4.41. The van der Waals surface area contributed by atoms with Gasteiger partial charge in [0.1, 0.15) is 11.5 Å². The summed E-state index contributed by atoms with van der Waals surface area (Å²) in [5, 5.41) is 2.81. The molecular formula is C15H24N2O3. The number of nitrogens with two attached hydrogens (primary N) is 1. The van der Waals surface area contributed by atoms with E-state index in [0.717, 1.165) is 6.42 Å². The van der Waals surface area contributed by atoms with E-state index in [1.54, 1.807) is 12.1 Å². The number of hydrogen-bond acceptors (Lipinski definition) is 4. The maximum Gasteiger partial charge on any atom is 0.241 e. The Labute approximate surface area is 120 Å². The predicted octanol–water partition coefficient (Wildman–Crippen LogP) is 2.55. The highest BCUT2D eigenvalue weighted by Crippen LogP contribution is 2.29. The van der Waals surface area contributed by atoms with Gasteiger partial charge in [-0.3, -0.25) is 4.79 Å². The van der Waals surface area contributed by atoms with Crippen molar-refractivity contribution in [2.24, 2.45) is 5.73 Å². The number of anilines is 1. The minimum absolute atomic E-state index is 0.207. The number of rotatable bonds is 8. The van der Waals surface area contributed by atoms with Crippen molar-refractivity contribution in [3.8, 4) is 11.5 Å². The third-order valence-corrected chi connectivity index (χ3v) is 2.76. The van der Waals surface area contributed by atoms with Gasteiger partial charge in [0.05, 0.1) is 24.9 Å². The molecule has 1 aromatic carbocycles. The number of nitrogens with one attached hydrogen (secondary N) is 1. The average molecular weight is 280 g/mol. The van der Waals surface area contributed by atoms with Gasteiger partial charge in [-0.05, 0) is 32.4 Å². The van der Waals surface area contributed by atoms with Crippen LogP contribution in [0.3, 0.4) is 0 Å². The van der Waals surface area contributed by atoms with Crippen LogP contribution >= 0.6 is 0 Å². The molecule has 112 valence electrons. The highest BCUT2D eigenvalue weighted by molar-refractivity contribution is 5.96. The molecule has 0 saturated heterocycles. The molecule has 20 heavy (non-hydrogen) atoms. The second-order valence-electron chi connectivity index (χ2n) is 4.41. The van der Waals surface area contributed by atoms with Crippen molar-refractivity contribution in [2.75, 3.05) is 18.5 Å². The summed E-state index contributed by atoms with van der Waals surface area (Å²) < 4.78 is 10.9. The minimum Gasteiger partial charge on any atom is -0.494 e. The van der Waals surface area contributed by atoms with E-state index in [9.17, 15) is 4.79 Å². The van der Waals surface area contributed by atoms with Gasteiger partial charge >= 0.3 is 0 Å². The molecule has 1 rings (SSSR count). The predicted molar refractivity (Wildman–Crippen MR) is 80.3 cm³/mol. The lowest BCUT2D eigenvalue weighted by Gasteiger charge is -2.15. The van der Waals surface area contributed by atoms with Gasteiger partial charge in [-0.15, -0.1) is 0 Å². The van der Waals surface area contributed by atoms with Gasteiger partial charge in [0.25, 0.3) is 0 Å². The van der Waals surface area contributed by atoms with Crippen molar-refractivity contribution in [3.63, 3.8) is 0 Å². The Morgan fingerprint density at radius 2 is 1.95 bits per heavy atom. The molecule has 0 aliphatic heterocycles. The van der Waals surface area contributed by atoms with Crippen LogP contribution in [0.1, 0.15) is 33.6 Å². The van der Waals surface area contributed by atoms with Crippen molar-refractivity contribution in [2.45, 2.75) is 39.7 Å². The van der Waals surface area contributed by atoms with Crippen LogP contribution in [0, 0.1) is 0 Å². The summed E-state index contributed by atoms with van der Waals surface area (Å²) in [7, 11) is 0. The van der Waals surface area contributed by atoms with Crippen LogP contribution < -0.4 is 20.5 Å². The smallest absolute Gasteiger partial charge is 0.241 e. The molecule has 0 heterocycles. The summed E-state index contributed by atoms with van der Waals surface area (Å²) in [5.41, 5.74) is 6.40. The van der Waals surface area contributed by atoms with Gasteiger partial charge in [0.2, 0.25) is 5.91 Å². The summed E-state index contributed by atoms with van der Waals surface area (Å²) in [4.78, 5) is 12.0. The lowest BCUT2D eigenvalue weighted by molar-refractivity contribution is -0.117. The maximum atomic E-state index is 12.0. The van der Waals surface area contributed by atoms with Gasteiger partial charge in [-0.1, -0.05) is 13.3 Å². The molecular weight excluding hydrogens is 256 g/mol. The number of carbonyl (C=O) groups is 1. The SMILES string of the molecule is CCC[C@H](N)C(=O)Nc1cc(OCC)ccc1OCC. The lowest BCUT2D eigenvalue weighted by Crippen LogP contribution is -2.35. The zero-order valence-electron chi connectivity index (χ0n) is 12.4. The van der Waals surface area contributed by atoms with Crippen LogP contribution in [0.25, 0.3) is 0 Å². The van der Waals surface area contributed by atoms with Gasteiger partial charge < -0.3 is 20.5 Å². The van der Waals surface area contributed by atoms with Gasteiger partial charge in [0, 0.05) is 6.07 Å². The summed E-state index contributed by atoms with van der Waals surface area (Å²) in [5.74, 6) is 1.10. The summed E-state index contributed by atoms with van der Waals surface area (Å²) >= 11 is 0. The summed E-state index contributed by atoms with van der Waals surface area (Å²) in [6, 6.07) is 4.85. The van der Waals surface area contributed by atoms with Crippen LogP contribution in [-0.2, 0) is 4.79 Å². The average Bonchev–Trinajstić information content (AvgIpc) is 2.42. The first-order chi connectivity index (χ1) is 9.62. The number of hydrogen-bond donors (Lipinski definition) is 2. The fourth-order valence-corrected chi connectivity index (χ4v) is 1.81. The fourth-order valence-electron chi connectivity index (χ4n) is 1.81. The van der Waals surface area contributed by atoms with Crippen LogP contribution in [0.5, 0.6) is 11.5 Å². The van der Waals surface area contributed by atoms with Crippen molar-refractivity contribution in [1.29, 1.82) is 0 Å². The monoisotopic (exact) mass is 280 g/mol. The maximum absolute atomic E-state index is 12.0. The highest BCUT2D eigenvalue weighted by Gasteiger charge is 2.15. The van der Waals surface area contributed by atoms with Gasteiger partial charge in [-0.25, -0.2) is 0 Å². The van der Waals surface area contributed by atoms with Crippen molar-refractivity contribution < 1.29 is 14.3 Å². The zero-order chi connectivity index (χ0) is 15.0. The Balaban J connectivity index is 2.88. The van der Waals surface area contributed by atoms with Crippen LogP contribution in [-0.4, -0.2) is 25.2 Å². The molecule has 1 amide bonds. The Morgan fingerprint density at radius 3 is 2.55 bits per heavy atom. The zero-order valence-corrected chi connectivity index (χ0v) is 12.4. The van der Waals surface area contributed by atoms with E-state index in [4.69, 9.17) is 15.2 Å². The molecule has 0 unspecified atom stereocenters. The first-order valence-electron chi connectivity index (χ1n) is 7.08. The Kier molecular flexibility index (Phi) is 6.87. The molecule has 5 nitrogen and oxygen atoms in total. The summed E-state index contributed by atoms with van der Waals surface area (Å²) in [6.07, 6.45) is 1.52. The topological polar surface area (TPSA) is 73.6 Å². The van der Waals surface area contributed by atoms with E-state index in [2.05, 4.69) is 5.32 Å². The van der Waals surface area contributed by atoms with Gasteiger partial charge in [0.15, 0.2) is 0 Å². The van der Waals surface area contributed by atoms with Crippen molar-refractivity contribution >= 4 is 11.6 Å². The van der Waals surface area contributed by atoms with Crippen LogP contribution in [0.4, 0.5) is 5.69 Å². The molecule has 0 radical (unpaired) electrons. The van der Waals surface area contributed by atoms with E-state index in [1.165, 1.54) is 0 Å². The second kappa shape index (κ2) is 8.43. The molecule has 0 bridgehead atoms. The Hall–Kier alpha value is -1.75. The van der Waals surface area contributed by atoms with Crippen LogP contribution in [0.2, 0.25) is 0 Å². The normalized spacial score (nSPS) is 11.8.